The maximum Gasteiger partial charge on any atom is 0.416 e. The van der Waals surface area contributed by atoms with Crippen molar-refractivity contribution in [2.75, 3.05) is 6.54 Å². The summed E-state index contributed by atoms with van der Waals surface area (Å²) in [6.45, 7) is 0.169. The van der Waals surface area contributed by atoms with Crippen molar-refractivity contribution in [2.45, 2.75) is 44.5 Å². The Kier molecular flexibility index (Phi) is 5.80. The number of alkyl halides is 6. The average Bonchev–Trinajstić information content (AvgIpc) is 2.53. The number of carbonyl (C=O) groups is 1. The molecular weight excluding hydrogens is 348 g/mol. The van der Waals surface area contributed by atoms with E-state index in [0.29, 0.717) is 18.6 Å². The van der Waals surface area contributed by atoms with Crippen molar-refractivity contribution in [2.24, 2.45) is 0 Å². The van der Waals surface area contributed by atoms with E-state index in [0.717, 1.165) is 31.3 Å². The van der Waals surface area contributed by atoms with Crippen LogP contribution in [0.2, 0.25) is 0 Å². The van der Waals surface area contributed by atoms with E-state index in [1.165, 1.54) is 0 Å². The Morgan fingerprint density at radius 1 is 0.960 bits per heavy atom. The zero-order valence-electron chi connectivity index (χ0n) is 13.2. The molecule has 0 heterocycles. The Morgan fingerprint density at radius 3 is 2.04 bits per heavy atom. The number of allylic oxidation sites excluding steroid dienone is 1. The van der Waals surface area contributed by atoms with Gasteiger partial charge in [0.1, 0.15) is 0 Å². The summed E-state index contributed by atoms with van der Waals surface area (Å²) in [7, 11) is 0. The van der Waals surface area contributed by atoms with Gasteiger partial charge in [-0.05, 0) is 50.3 Å². The van der Waals surface area contributed by atoms with Gasteiger partial charge in [0, 0.05) is 12.1 Å². The summed E-state index contributed by atoms with van der Waals surface area (Å²) in [5.41, 5.74) is -2.50. The second-order valence-corrected chi connectivity index (χ2v) is 5.91. The fraction of sp³-hybridized carbons (Fsp3) is 0.471. The Hall–Kier alpha value is -1.99. The summed E-state index contributed by atoms with van der Waals surface area (Å²) in [4.78, 5) is 12.0. The third-order valence-electron chi connectivity index (χ3n) is 3.97. The normalized spacial score (nSPS) is 15.7. The molecule has 1 aliphatic carbocycles. The maximum absolute atomic E-state index is 12.8. The van der Waals surface area contributed by atoms with E-state index in [-0.39, 0.29) is 12.6 Å². The molecule has 1 amide bonds. The summed E-state index contributed by atoms with van der Waals surface area (Å²) < 4.78 is 76.7. The smallest absolute Gasteiger partial charge is 0.352 e. The van der Waals surface area contributed by atoms with Crippen molar-refractivity contribution >= 4 is 5.91 Å². The molecule has 1 aliphatic rings. The molecule has 8 heteroatoms. The molecule has 2 rings (SSSR count). The predicted octanol–water partition coefficient (Wildman–Crippen LogP) is 5.34. The first kappa shape index (κ1) is 19.3. The second-order valence-electron chi connectivity index (χ2n) is 5.91. The molecule has 0 bridgehead atoms. The quantitative estimate of drug-likeness (QED) is 0.566. The Morgan fingerprint density at radius 2 is 1.56 bits per heavy atom. The number of hydrogen-bond acceptors (Lipinski definition) is 1. The lowest BCUT2D eigenvalue weighted by molar-refractivity contribution is -0.143. The number of benzene rings is 1. The van der Waals surface area contributed by atoms with E-state index in [4.69, 9.17) is 0 Å². The molecule has 1 aromatic carbocycles. The summed E-state index contributed by atoms with van der Waals surface area (Å²) in [6.07, 6.45) is -3.35. The van der Waals surface area contributed by atoms with Crippen LogP contribution in [-0.4, -0.2) is 12.5 Å². The molecule has 1 N–H and O–H groups in total. The van der Waals surface area contributed by atoms with Crippen LogP contribution in [-0.2, 0) is 12.4 Å². The standard InChI is InChI=1S/C17H17F6NO/c18-16(19,20)13-8-12(9-14(10-13)17(21,22)23)15(25)24-7-6-11-4-2-1-3-5-11/h4,8-10H,1-3,5-7H2,(H,24,25). The molecule has 0 saturated carbocycles. The molecule has 25 heavy (non-hydrogen) atoms. The predicted molar refractivity (Wildman–Crippen MR) is 79.9 cm³/mol. The summed E-state index contributed by atoms with van der Waals surface area (Å²) in [5, 5.41) is 2.39. The fourth-order valence-electron chi connectivity index (χ4n) is 2.66. The van der Waals surface area contributed by atoms with Crippen LogP contribution in [0, 0.1) is 0 Å². The number of hydrogen-bond donors (Lipinski definition) is 1. The van der Waals surface area contributed by atoms with Gasteiger partial charge < -0.3 is 5.32 Å². The minimum atomic E-state index is -4.97. The summed E-state index contributed by atoms with van der Waals surface area (Å²) in [5.74, 6) is -0.951. The molecule has 0 aromatic heterocycles. The summed E-state index contributed by atoms with van der Waals surface area (Å²) in [6, 6.07) is 0.874. The third kappa shape index (κ3) is 5.51. The topological polar surface area (TPSA) is 29.1 Å². The molecular formula is C17H17F6NO. The van der Waals surface area contributed by atoms with Crippen molar-refractivity contribution < 1.29 is 31.1 Å². The van der Waals surface area contributed by atoms with Gasteiger partial charge in [-0.3, -0.25) is 4.79 Å². The highest BCUT2D eigenvalue weighted by atomic mass is 19.4. The molecule has 1 aromatic rings. The van der Waals surface area contributed by atoms with Crippen LogP contribution < -0.4 is 5.32 Å². The van der Waals surface area contributed by atoms with Crippen molar-refractivity contribution in [1.29, 1.82) is 0 Å². The van der Waals surface area contributed by atoms with Gasteiger partial charge in [-0.2, -0.15) is 26.3 Å². The zero-order valence-corrected chi connectivity index (χ0v) is 13.2. The van der Waals surface area contributed by atoms with Crippen LogP contribution in [0.1, 0.15) is 53.6 Å². The van der Waals surface area contributed by atoms with Crippen LogP contribution in [0.25, 0.3) is 0 Å². The fourth-order valence-corrected chi connectivity index (χ4v) is 2.66. The van der Waals surface area contributed by atoms with Gasteiger partial charge in [0.2, 0.25) is 0 Å². The lowest BCUT2D eigenvalue weighted by Crippen LogP contribution is -2.26. The Balaban J connectivity index is 2.13. The average molecular weight is 365 g/mol. The number of carbonyl (C=O) groups excluding carboxylic acids is 1. The summed E-state index contributed by atoms with van der Waals surface area (Å²) >= 11 is 0. The number of nitrogens with one attached hydrogen (secondary N) is 1. The van der Waals surface area contributed by atoms with Gasteiger partial charge >= 0.3 is 12.4 Å². The van der Waals surface area contributed by atoms with Crippen LogP contribution in [0.3, 0.4) is 0 Å². The van der Waals surface area contributed by atoms with E-state index >= 15 is 0 Å². The van der Waals surface area contributed by atoms with Crippen LogP contribution in [0.4, 0.5) is 26.3 Å². The van der Waals surface area contributed by atoms with E-state index < -0.39 is 35.0 Å². The van der Waals surface area contributed by atoms with Crippen molar-refractivity contribution in [3.8, 4) is 0 Å². The Labute approximate surface area is 140 Å². The van der Waals surface area contributed by atoms with E-state index in [1.54, 1.807) is 0 Å². The lowest BCUT2D eigenvalue weighted by Gasteiger charge is -2.15. The lowest BCUT2D eigenvalue weighted by atomic mass is 9.97. The molecule has 0 unspecified atom stereocenters. The molecule has 0 saturated heterocycles. The number of rotatable bonds is 4. The molecule has 0 radical (unpaired) electrons. The van der Waals surface area contributed by atoms with Crippen molar-refractivity contribution in [1.82, 2.24) is 5.32 Å². The van der Waals surface area contributed by atoms with E-state index in [1.807, 2.05) is 0 Å². The first-order valence-electron chi connectivity index (χ1n) is 7.83. The van der Waals surface area contributed by atoms with Gasteiger partial charge in [-0.15, -0.1) is 0 Å². The van der Waals surface area contributed by atoms with Crippen LogP contribution >= 0.6 is 0 Å². The van der Waals surface area contributed by atoms with E-state index in [2.05, 4.69) is 11.4 Å². The first-order valence-corrected chi connectivity index (χ1v) is 7.83. The highest BCUT2D eigenvalue weighted by Crippen LogP contribution is 2.36. The molecule has 0 aliphatic heterocycles. The van der Waals surface area contributed by atoms with Crippen LogP contribution in [0.15, 0.2) is 29.8 Å². The monoisotopic (exact) mass is 365 g/mol. The number of amides is 1. The van der Waals surface area contributed by atoms with Gasteiger partial charge in [0.15, 0.2) is 0 Å². The highest BCUT2D eigenvalue weighted by molar-refractivity contribution is 5.94. The molecule has 0 fully saturated rings. The minimum Gasteiger partial charge on any atom is -0.352 e. The van der Waals surface area contributed by atoms with Crippen LogP contribution in [0.5, 0.6) is 0 Å². The molecule has 0 spiro atoms. The first-order chi connectivity index (χ1) is 11.6. The SMILES string of the molecule is O=C(NCCC1=CCCCC1)c1cc(C(F)(F)F)cc(C(F)(F)F)c1. The van der Waals surface area contributed by atoms with Gasteiger partial charge in [0.05, 0.1) is 11.1 Å². The third-order valence-corrected chi connectivity index (χ3v) is 3.97. The second kappa shape index (κ2) is 7.49. The Bertz CT molecular complexity index is 628. The molecule has 138 valence electrons. The number of halogens is 6. The maximum atomic E-state index is 12.8. The minimum absolute atomic E-state index is 0.00359. The van der Waals surface area contributed by atoms with Gasteiger partial charge in [0.25, 0.3) is 5.91 Å². The zero-order chi connectivity index (χ0) is 18.7. The largest absolute Gasteiger partial charge is 0.416 e. The highest BCUT2D eigenvalue weighted by Gasteiger charge is 2.37. The van der Waals surface area contributed by atoms with Gasteiger partial charge in [-0.25, -0.2) is 0 Å². The van der Waals surface area contributed by atoms with Gasteiger partial charge in [-0.1, -0.05) is 11.6 Å². The molecule has 2 nitrogen and oxygen atoms in total. The van der Waals surface area contributed by atoms with Crippen molar-refractivity contribution in [3.05, 3.63) is 46.5 Å². The van der Waals surface area contributed by atoms with Crippen molar-refractivity contribution in [3.63, 3.8) is 0 Å². The molecule has 0 atom stereocenters. The van der Waals surface area contributed by atoms with E-state index in [9.17, 15) is 31.1 Å².